The first kappa shape index (κ1) is 14.2. The van der Waals surface area contributed by atoms with Gasteiger partial charge >= 0.3 is 0 Å². The zero-order valence-electron chi connectivity index (χ0n) is 11.1. The van der Waals surface area contributed by atoms with Crippen molar-refractivity contribution in [2.24, 2.45) is 0 Å². The van der Waals surface area contributed by atoms with Crippen LogP contribution in [0.1, 0.15) is 22.8 Å². The average molecular weight is 282 g/mol. The van der Waals surface area contributed by atoms with E-state index in [9.17, 15) is 4.79 Å². The van der Waals surface area contributed by atoms with Crippen LogP contribution in [0.5, 0.6) is 0 Å². The lowest BCUT2D eigenvalue weighted by atomic mass is 10.2. The summed E-state index contributed by atoms with van der Waals surface area (Å²) in [7, 11) is 0. The maximum absolute atomic E-state index is 12.3. The smallest absolute Gasteiger partial charge is 0.256 e. The van der Waals surface area contributed by atoms with E-state index in [2.05, 4.69) is 12.2 Å². The second-order valence-electron chi connectivity index (χ2n) is 4.07. The van der Waals surface area contributed by atoms with E-state index in [4.69, 9.17) is 5.26 Å². The van der Waals surface area contributed by atoms with Crippen molar-refractivity contribution < 1.29 is 4.79 Å². The largest absolute Gasteiger partial charge is 0.322 e. The van der Waals surface area contributed by atoms with Crippen LogP contribution in [-0.2, 0) is 0 Å². The predicted molar refractivity (Wildman–Crippen MR) is 82.0 cm³/mol. The lowest BCUT2D eigenvalue weighted by Gasteiger charge is -2.09. The molecule has 100 valence electrons. The Hall–Kier alpha value is -2.25. The molecule has 20 heavy (non-hydrogen) atoms. The molecule has 2 aromatic carbocycles. The molecule has 0 atom stereocenters. The van der Waals surface area contributed by atoms with E-state index in [1.54, 1.807) is 36.0 Å². The molecule has 0 aromatic heterocycles. The van der Waals surface area contributed by atoms with Gasteiger partial charge in [-0.25, -0.2) is 0 Å². The van der Waals surface area contributed by atoms with Gasteiger partial charge in [0.25, 0.3) is 5.91 Å². The van der Waals surface area contributed by atoms with Crippen molar-refractivity contribution in [1.29, 1.82) is 5.26 Å². The van der Waals surface area contributed by atoms with E-state index >= 15 is 0 Å². The molecule has 2 aromatic rings. The molecule has 0 bridgehead atoms. The van der Waals surface area contributed by atoms with Gasteiger partial charge in [0.2, 0.25) is 0 Å². The standard InChI is InChI=1S/C16H14N2OS/c1-2-20-15-6-4-3-5-14(15)16(19)18-13-9-7-12(11-17)8-10-13/h3-10H,2H2,1H3,(H,18,19). The van der Waals surface area contributed by atoms with E-state index in [-0.39, 0.29) is 5.91 Å². The minimum atomic E-state index is -0.133. The fraction of sp³-hybridized carbons (Fsp3) is 0.125. The van der Waals surface area contributed by atoms with Gasteiger partial charge in [-0.05, 0) is 42.2 Å². The number of nitrogens with one attached hydrogen (secondary N) is 1. The summed E-state index contributed by atoms with van der Waals surface area (Å²) in [6.07, 6.45) is 0. The van der Waals surface area contributed by atoms with Gasteiger partial charge in [0.15, 0.2) is 0 Å². The van der Waals surface area contributed by atoms with Crippen molar-refractivity contribution in [2.75, 3.05) is 11.1 Å². The molecule has 0 saturated heterocycles. The SMILES string of the molecule is CCSc1ccccc1C(=O)Nc1ccc(C#N)cc1. The van der Waals surface area contributed by atoms with E-state index < -0.39 is 0 Å². The molecule has 1 amide bonds. The summed E-state index contributed by atoms with van der Waals surface area (Å²) in [5.74, 6) is 0.785. The molecule has 0 saturated carbocycles. The molecule has 0 aliphatic carbocycles. The summed E-state index contributed by atoms with van der Waals surface area (Å²) >= 11 is 1.64. The number of nitriles is 1. The molecule has 0 spiro atoms. The molecule has 3 nitrogen and oxygen atoms in total. The Bertz CT molecular complexity index is 644. The van der Waals surface area contributed by atoms with Gasteiger partial charge in [-0.1, -0.05) is 19.1 Å². The lowest BCUT2D eigenvalue weighted by Crippen LogP contribution is -2.12. The Morgan fingerprint density at radius 2 is 1.90 bits per heavy atom. The van der Waals surface area contributed by atoms with Crippen LogP contribution in [0.2, 0.25) is 0 Å². The third-order valence-electron chi connectivity index (χ3n) is 2.70. The molecule has 0 fully saturated rings. The first-order valence-corrected chi connectivity index (χ1v) is 7.26. The van der Waals surface area contributed by atoms with E-state index in [0.29, 0.717) is 16.8 Å². The van der Waals surface area contributed by atoms with Gasteiger partial charge in [0.05, 0.1) is 17.2 Å². The molecule has 1 N–H and O–H groups in total. The van der Waals surface area contributed by atoms with Crippen LogP contribution < -0.4 is 5.32 Å². The normalized spacial score (nSPS) is 9.80. The zero-order chi connectivity index (χ0) is 14.4. The summed E-state index contributed by atoms with van der Waals surface area (Å²) in [6.45, 7) is 2.06. The number of thioether (sulfide) groups is 1. The first-order chi connectivity index (χ1) is 9.74. The molecule has 0 radical (unpaired) electrons. The number of carbonyl (C=O) groups excluding carboxylic acids is 1. The maximum Gasteiger partial charge on any atom is 0.256 e. The van der Waals surface area contributed by atoms with Crippen LogP contribution >= 0.6 is 11.8 Å². The van der Waals surface area contributed by atoms with Crippen molar-refractivity contribution in [2.45, 2.75) is 11.8 Å². The van der Waals surface area contributed by atoms with Gasteiger partial charge in [0, 0.05) is 10.6 Å². The number of hydrogen-bond acceptors (Lipinski definition) is 3. The second kappa shape index (κ2) is 6.78. The topological polar surface area (TPSA) is 52.9 Å². The number of rotatable bonds is 4. The number of carbonyl (C=O) groups is 1. The fourth-order valence-corrected chi connectivity index (χ4v) is 2.56. The number of anilines is 1. The molecule has 2 rings (SSSR count). The first-order valence-electron chi connectivity index (χ1n) is 6.28. The van der Waals surface area contributed by atoms with Crippen LogP contribution in [0.3, 0.4) is 0 Å². The lowest BCUT2D eigenvalue weighted by molar-refractivity contribution is 0.102. The fourth-order valence-electron chi connectivity index (χ4n) is 1.76. The predicted octanol–water partition coefficient (Wildman–Crippen LogP) is 3.92. The summed E-state index contributed by atoms with van der Waals surface area (Å²) in [6, 6.07) is 16.4. The van der Waals surface area contributed by atoms with Gasteiger partial charge in [-0.2, -0.15) is 5.26 Å². The Kier molecular flexibility index (Phi) is 4.80. The van der Waals surface area contributed by atoms with Crippen LogP contribution in [0, 0.1) is 11.3 Å². The van der Waals surface area contributed by atoms with Crippen LogP contribution in [0.25, 0.3) is 0 Å². The highest BCUT2D eigenvalue weighted by Gasteiger charge is 2.10. The molecular weight excluding hydrogens is 268 g/mol. The highest BCUT2D eigenvalue weighted by Crippen LogP contribution is 2.23. The number of nitrogens with zero attached hydrogens (tertiary/aromatic N) is 1. The van der Waals surface area contributed by atoms with Gasteiger partial charge in [0.1, 0.15) is 0 Å². The highest BCUT2D eigenvalue weighted by atomic mass is 32.2. The Balaban J connectivity index is 2.17. The quantitative estimate of drug-likeness (QED) is 0.865. The average Bonchev–Trinajstić information content (AvgIpc) is 2.49. The second-order valence-corrected chi connectivity index (χ2v) is 5.38. The van der Waals surface area contributed by atoms with Crippen molar-refractivity contribution in [1.82, 2.24) is 0 Å². The van der Waals surface area contributed by atoms with Crippen molar-refractivity contribution in [3.05, 3.63) is 59.7 Å². The molecule has 0 aliphatic rings. The van der Waals surface area contributed by atoms with Crippen LogP contribution in [-0.4, -0.2) is 11.7 Å². The highest BCUT2D eigenvalue weighted by molar-refractivity contribution is 7.99. The van der Waals surface area contributed by atoms with Gasteiger partial charge in [-0.15, -0.1) is 11.8 Å². The molecular formula is C16H14N2OS. The summed E-state index contributed by atoms with van der Waals surface area (Å²) in [5, 5.41) is 11.6. The summed E-state index contributed by atoms with van der Waals surface area (Å²) in [5.41, 5.74) is 1.93. The van der Waals surface area contributed by atoms with Crippen molar-refractivity contribution in [3.8, 4) is 6.07 Å². The molecule has 0 aliphatic heterocycles. The molecule has 0 heterocycles. The Labute approximate surface area is 122 Å². The van der Waals surface area contributed by atoms with Gasteiger partial charge in [-0.3, -0.25) is 4.79 Å². The zero-order valence-corrected chi connectivity index (χ0v) is 11.9. The minimum Gasteiger partial charge on any atom is -0.322 e. The van der Waals surface area contributed by atoms with Crippen LogP contribution in [0.4, 0.5) is 5.69 Å². The van der Waals surface area contributed by atoms with Crippen molar-refractivity contribution in [3.63, 3.8) is 0 Å². The monoisotopic (exact) mass is 282 g/mol. The third kappa shape index (κ3) is 3.40. The molecule has 0 unspecified atom stereocenters. The Morgan fingerprint density at radius 1 is 1.20 bits per heavy atom. The van der Waals surface area contributed by atoms with E-state index in [1.807, 2.05) is 30.3 Å². The number of hydrogen-bond donors (Lipinski definition) is 1. The third-order valence-corrected chi connectivity index (χ3v) is 3.66. The Morgan fingerprint density at radius 3 is 2.55 bits per heavy atom. The summed E-state index contributed by atoms with van der Waals surface area (Å²) < 4.78 is 0. The van der Waals surface area contributed by atoms with E-state index in [1.165, 1.54) is 0 Å². The van der Waals surface area contributed by atoms with Crippen molar-refractivity contribution >= 4 is 23.4 Å². The van der Waals surface area contributed by atoms with E-state index in [0.717, 1.165) is 10.6 Å². The minimum absolute atomic E-state index is 0.133. The number of amides is 1. The van der Waals surface area contributed by atoms with Gasteiger partial charge < -0.3 is 5.32 Å². The van der Waals surface area contributed by atoms with Crippen LogP contribution in [0.15, 0.2) is 53.4 Å². The number of benzene rings is 2. The molecule has 4 heteroatoms. The maximum atomic E-state index is 12.3. The summed E-state index contributed by atoms with van der Waals surface area (Å²) in [4.78, 5) is 13.2.